The van der Waals surface area contributed by atoms with Crippen molar-refractivity contribution in [2.24, 2.45) is 23.0 Å². The fourth-order valence-electron chi connectivity index (χ4n) is 5.90. The molecule has 1 aliphatic carbocycles. The van der Waals surface area contributed by atoms with Crippen molar-refractivity contribution in [1.82, 2.24) is 20.9 Å². The van der Waals surface area contributed by atoms with Crippen LogP contribution in [0.25, 0.3) is 0 Å². The van der Waals surface area contributed by atoms with Crippen molar-refractivity contribution < 1.29 is 14.7 Å². The van der Waals surface area contributed by atoms with E-state index in [9.17, 15) is 14.7 Å². The molecule has 2 fully saturated rings. The number of nitrogens with zero attached hydrogens (tertiary/aromatic N) is 1. The smallest absolute Gasteiger partial charge is 0.238 e. The zero-order valence-electron chi connectivity index (χ0n) is 24.1. The zero-order chi connectivity index (χ0) is 27.9. The molecule has 0 radical (unpaired) electrons. The second-order valence-corrected chi connectivity index (χ2v) is 13.3. The van der Waals surface area contributed by atoms with Gasteiger partial charge in [-0.1, -0.05) is 70.4 Å². The lowest BCUT2D eigenvalue weighted by Crippen LogP contribution is -2.62. The Bertz CT molecular complexity index is 895. The monoisotopic (exact) mass is 529 g/mol. The molecule has 2 aliphatic rings. The summed E-state index contributed by atoms with van der Waals surface area (Å²) in [6.45, 7) is 11.9. The number of fused-ring (bicyclic) bond motifs is 1. The Morgan fingerprint density at radius 2 is 1.74 bits per heavy atom. The molecule has 5 atom stereocenters. The maximum atomic E-state index is 13.3. The Balaban J connectivity index is 1.73. The number of likely N-dealkylation sites (tertiary alicyclic amines) is 1. The largest absolute Gasteiger partial charge is 0.390 e. The van der Waals surface area contributed by atoms with Gasteiger partial charge in [-0.15, -0.1) is 0 Å². The lowest BCUT2D eigenvalue weighted by molar-refractivity contribution is -0.133. The van der Waals surface area contributed by atoms with Crippen molar-refractivity contribution in [2.75, 3.05) is 26.2 Å². The molecule has 1 aliphatic heterocycles. The van der Waals surface area contributed by atoms with Gasteiger partial charge < -0.3 is 26.8 Å². The van der Waals surface area contributed by atoms with E-state index in [-0.39, 0.29) is 29.8 Å². The molecule has 0 aromatic heterocycles. The third kappa shape index (κ3) is 9.95. The van der Waals surface area contributed by atoms with Crippen LogP contribution in [0.1, 0.15) is 72.3 Å². The molecular weight excluding hydrogens is 478 g/mol. The molecule has 38 heavy (non-hydrogen) atoms. The summed E-state index contributed by atoms with van der Waals surface area (Å²) in [7, 11) is 0. The number of piperidine rings is 1. The SMILES string of the molecule is CC(C)(C)CNCC(=O)NC(Cc1ccccc1)C(O)CN1CC2CCCCC2CC1C(=O)NC(C)(C)N. The highest BCUT2D eigenvalue weighted by molar-refractivity contribution is 5.82. The van der Waals surface area contributed by atoms with Gasteiger partial charge in [-0.2, -0.15) is 0 Å². The van der Waals surface area contributed by atoms with E-state index >= 15 is 0 Å². The van der Waals surface area contributed by atoms with E-state index in [1.54, 1.807) is 13.8 Å². The molecule has 1 heterocycles. The maximum Gasteiger partial charge on any atom is 0.238 e. The van der Waals surface area contributed by atoms with Gasteiger partial charge in [-0.25, -0.2) is 0 Å². The lowest BCUT2D eigenvalue weighted by atomic mass is 9.72. The molecule has 3 rings (SSSR count). The van der Waals surface area contributed by atoms with Gasteiger partial charge in [0, 0.05) is 19.6 Å². The zero-order valence-corrected chi connectivity index (χ0v) is 24.1. The third-order valence-corrected chi connectivity index (χ3v) is 7.72. The minimum Gasteiger partial charge on any atom is -0.390 e. The topological polar surface area (TPSA) is 120 Å². The van der Waals surface area contributed by atoms with E-state index in [0.717, 1.165) is 37.9 Å². The third-order valence-electron chi connectivity index (χ3n) is 7.72. The van der Waals surface area contributed by atoms with Crippen LogP contribution in [0.4, 0.5) is 0 Å². The summed E-state index contributed by atoms with van der Waals surface area (Å²) in [6, 6.07) is 9.10. The Hall–Kier alpha value is -2.00. The number of carbonyl (C=O) groups excluding carboxylic acids is 2. The van der Waals surface area contributed by atoms with E-state index in [4.69, 9.17) is 5.73 Å². The van der Waals surface area contributed by atoms with Crippen LogP contribution in [0, 0.1) is 17.3 Å². The summed E-state index contributed by atoms with van der Waals surface area (Å²) >= 11 is 0. The van der Waals surface area contributed by atoms with E-state index in [1.807, 2.05) is 30.3 Å². The van der Waals surface area contributed by atoms with Gasteiger partial charge in [0.1, 0.15) is 0 Å². The van der Waals surface area contributed by atoms with Crippen molar-refractivity contribution in [3.8, 4) is 0 Å². The summed E-state index contributed by atoms with van der Waals surface area (Å²) < 4.78 is 0. The number of hydrogen-bond donors (Lipinski definition) is 5. The highest BCUT2D eigenvalue weighted by Gasteiger charge is 2.41. The molecule has 0 bridgehead atoms. The first-order chi connectivity index (χ1) is 17.8. The molecule has 1 saturated heterocycles. The average Bonchev–Trinajstić information content (AvgIpc) is 2.82. The van der Waals surface area contributed by atoms with Crippen molar-refractivity contribution in [1.29, 1.82) is 0 Å². The van der Waals surface area contributed by atoms with Gasteiger partial charge in [0.2, 0.25) is 11.8 Å². The number of hydrogen-bond acceptors (Lipinski definition) is 6. The molecule has 1 saturated carbocycles. The van der Waals surface area contributed by atoms with Crippen LogP contribution in [-0.2, 0) is 16.0 Å². The molecule has 0 spiro atoms. The molecule has 1 aromatic rings. The van der Waals surface area contributed by atoms with Gasteiger partial charge in [0.25, 0.3) is 0 Å². The first-order valence-electron chi connectivity index (χ1n) is 14.4. The number of β-amino-alcohol motifs (C(OH)–C–C–N with tert-alkyl or cyclic N) is 1. The van der Waals surface area contributed by atoms with Crippen molar-refractivity contribution in [3.05, 3.63) is 35.9 Å². The fraction of sp³-hybridized carbons (Fsp3) is 0.733. The molecule has 8 nitrogen and oxygen atoms in total. The van der Waals surface area contributed by atoms with Crippen LogP contribution in [0.2, 0.25) is 0 Å². The minimum atomic E-state index is -0.830. The number of amides is 2. The van der Waals surface area contributed by atoms with Gasteiger partial charge in [-0.3, -0.25) is 14.5 Å². The highest BCUT2D eigenvalue weighted by Crippen LogP contribution is 2.38. The van der Waals surface area contributed by atoms with Crippen LogP contribution in [0.5, 0.6) is 0 Å². The van der Waals surface area contributed by atoms with E-state index in [1.165, 1.54) is 12.8 Å². The first kappa shape index (κ1) is 30.5. The first-order valence-corrected chi connectivity index (χ1v) is 14.4. The summed E-state index contributed by atoms with van der Waals surface area (Å²) in [5.74, 6) is 0.847. The van der Waals surface area contributed by atoms with Gasteiger partial charge in [-0.05, 0) is 55.9 Å². The van der Waals surface area contributed by atoms with Gasteiger partial charge >= 0.3 is 0 Å². The highest BCUT2D eigenvalue weighted by atomic mass is 16.3. The molecule has 1 aromatic carbocycles. The Morgan fingerprint density at radius 1 is 1.08 bits per heavy atom. The molecule has 214 valence electrons. The second kappa shape index (κ2) is 13.4. The number of carbonyl (C=O) groups is 2. The molecule has 2 amide bonds. The Morgan fingerprint density at radius 3 is 2.37 bits per heavy atom. The van der Waals surface area contributed by atoms with E-state index < -0.39 is 17.8 Å². The number of rotatable bonds is 11. The molecular formula is C30H51N5O3. The van der Waals surface area contributed by atoms with Gasteiger partial charge in [0.15, 0.2) is 0 Å². The van der Waals surface area contributed by atoms with Crippen LogP contribution < -0.4 is 21.7 Å². The maximum absolute atomic E-state index is 13.3. The summed E-state index contributed by atoms with van der Waals surface area (Å²) in [5, 5.41) is 20.8. The van der Waals surface area contributed by atoms with E-state index in [2.05, 4.69) is 41.6 Å². The van der Waals surface area contributed by atoms with Crippen LogP contribution >= 0.6 is 0 Å². The number of nitrogens with one attached hydrogen (secondary N) is 3. The standard InChI is InChI=1S/C30H51N5O3/c1-29(2,3)20-32-17-27(37)33-24(15-21-11-7-6-8-12-21)26(36)19-35-18-23-14-10-9-13-22(23)16-25(35)28(38)34-30(4,5)31/h6-8,11-12,22-26,32,36H,9-10,13-20,31H2,1-5H3,(H,33,37)(H,34,38). The minimum absolute atomic E-state index is 0.0716. The Kier molecular flexibility index (Phi) is 10.7. The Labute approximate surface area is 229 Å². The van der Waals surface area contributed by atoms with Crippen molar-refractivity contribution in [3.63, 3.8) is 0 Å². The van der Waals surface area contributed by atoms with Crippen LogP contribution in [0.3, 0.4) is 0 Å². The van der Waals surface area contributed by atoms with Crippen molar-refractivity contribution in [2.45, 2.75) is 97.0 Å². The number of aliphatic hydroxyl groups excluding tert-OH is 1. The van der Waals surface area contributed by atoms with Crippen LogP contribution in [0.15, 0.2) is 30.3 Å². The number of aliphatic hydroxyl groups is 1. The number of nitrogens with two attached hydrogens (primary N) is 1. The average molecular weight is 530 g/mol. The fourth-order valence-corrected chi connectivity index (χ4v) is 5.90. The quantitative estimate of drug-likeness (QED) is 0.281. The normalized spacial score (nSPS) is 24.2. The van der Waals surface area contributed by atoms with Crippen molar-refractivity contribution >= 4 is 11.8 Å². The van der Waals surface area contributed by atoms with E-state index in [0.29, 0.717) is 24.8 Å². The predicted octanol–water partition coefficient (Wildman–Crippen LogP) is 2.40. The summed E-state index contributed by atoms with van der Waals surface area (Å²) in [4.78, 5) is 28.3. The molecule has 6 N–H and O–H groups in total. The summed E-state index contributed by atoms with van der Waals surface area (Å²) in [5.41, 5.74) is 6.43. The molecule has 5 unspecified atom stereocenters. The number of benzene rings is 1. The predicted molar refractivity (Wildman–Crippen MR) is 152 cm³/mol. The van der Waals surface area contributed by atoms with Gasteiger partial charge in [0.05, 0.1) is 30.4 Å². The summed E-state index contributed by atoms with van der Waals surface area (Å²) in [6.07, 6.45) is 5.23. The second-order valence-electron chi connectivity index (χ2n) is 13.3. The lowest BCUT2D eigenvalue weighted by Gasteiger charge is -2.47. The van der Waals surface area contributed by atoms with Crippen LogP contribution in [-0.4, -0.2) is 71.9 Å². The molecule has 8 heteroatoms.